The van der Waals surface area contributed by atoms with Crippen LogP contribution in [0.1, 0.15) is 30.7 Å². The van der Waals surface area contributed by atoms with Crippen molar-refractivity contribution in [2.45, 2.75) is 31.4 Å². The third-order valence-corrected chi connectivity index (χ3v) is 5.01. The van der Waals surface area contributed by atoms with Crippen LogP contribution in [0.4, 0.5) is 13.2 Å². The molecule has 0 spiro atoms. The number of nitrogens with zero attached hydrogens (tertiary/aromatic N) is 1. The molecule has 0 radical (unpaired) electrons. The number of halogens is 4. The lowest BCUT2D eigenvalue weighted by Crippen LogP contribution is -2.15. The van der Waals surface area contributed by atoms with Gasteiger partial charge in [-0.15, -0.1) is 11.8 Å². The third-order valence-electron chi connectivity index (χ3n) is 3.76. The van der Waals surface area contributed by atoms with Gasteiger partial charge in [-0.05, 0) is 36.1 Å². The van der Waals surface area contributed by atoms with E-state index in [1.807, 2.05) is 12.1 Å². The van der Waals surface area contributed by atoms with Crippen LogP contribution in [0.15, 0.2) is 53.2 Å². The fourth-order valence-corrected chi connectivity index (χ4v) is 3.69. The van der Waals surface area contributed by atoms with Crippen LogP contribution in [-0.2, 0) is 4.79 Å². The molecule has 0 amide bonds. The highest BCUT2D eigenvalue weighted by Gasteiger charge is 2.33. The molecule has 7 heteroatoms. The Morgan fingerprint density at radius 1 is 1.32 bits per heavy atom. The molecule has 1 aromatic rings. The summed E-state index contributed by atoms with van der Waals surface area (Å²) >= 11 is 7.17. The first-order valence-electron chi connectivity index (χ1n) is 7.65. The van der Waals surface area contributed by atoms with Gasteiger partial charge in [-0.2, -0.15) is 13.2 Å². The van der Waals surface area contributed by atoms with Gasteiger partial charge >= 0.3 is 6.18 Å². The molecule has 1 atom stereocenters. The molecule has 1 aromatic carbocycles. The molecule has 0 aliphatic carbocycles. The molecule has 0 saturated carbocycles. The Bertz CT molecular complexity index is 695. The number of benzene rings is 1. The summed E-state index contributed by atoms with van der Waals surface area (Å²) in [5.41, 5.74) is 0.407. The number of allylic oxidation sites excluding steroid dienone is 2. The molecule has 1 aliphatic heterocycles. The quantitative estimate of drug-likeness (QED) is 0.585. The summed E-state index contributed by atoms with van der Waals surface area (Å²) < 4.78 is 38.6. The van der Waals surface area contributed by atoms with Crippen LogP contribution in [0.25, 0.3) is 0 Å². The van der Waals surface area contributed by atoms with Gasteiger partial charge in [-0.25, -0.2) is 4.99 Å². The largest absolute Gasteiger partial charge is 0.412 e. The predicted molar refractivity (Wildman–Crippen MR) is 97.3 cm³/mol. The van der Waals surface area contributed by atoms with E-state index in [4.69, 9.17) is 11.6 Å². The van der Waals surface area contributed by atoms with E-state index >= 15 is 0 Å². The summed E-state index contributed by atoms with van der Waals surface area (Å²) in [4.78, 5) is 15.2. The molecular weight excluding hydrogens is 371 g/mol. The minimum absolute atomic E-state index is 0.0792. The lowest BCUT2D eigenvalue weighted by atomic mass is 9.93. The molecule has 25 heavy (non-hydrogen) atoms. The molecule has 0 fully saturated rings. The molecule has 0 bridgehead atoms. The lowest BCUT2D eigenvalue weighted by molar-refractivity contribution is -0.108. The van der Waals surface area contributed by atoms with E-state index in [-0.39, 0.29) is 23.8 Å². The number of carbonyl (C=O) groups is 1. The lowest BCUT2D eigenvalue weighted by Gasteiger charge is -2.19. The number of aldehydes is 1. The molecule has 0 saturated heterocycles. The molecule has 134 valence electrons. The maximum Gasteiger partial charge on any atom is 0.412 e. The monoisotopic (exact) mass is 387 g/mol. The highest BCUT2D eigenvalue weighted by molar-refractivity contribution is 8.13. The number of carbonyl (C=O) groups excluding carboxylic acids is 1. The Labute approximate surface area is 153 Å². The Balaban J connectivity index is 2.20. The van der Waals surface area contributed by atoms with E-state index in [2.05, 4.69) is 11.6 Å². The normalized spacial score (nSPS) is 19.3. The van der Waals surface area contributed by atoms with Gasteiger partial charge in [0.25, 0.3) is 0 Å². The fourth-order valence-electron chi connectivity index (χ4n) is 2.50. The number of hydrogen-bond donors (Lipinski definition) is 0. The zero-order valence-corrected chi connectivity index (χ0v) is 14.9. The number of thioether (sulfide) groups is 1. The van der Waals surface area contributed by atoms with Gasteiger partial charge in [0.1, 0.15) is 6.29 Å². The second-order valence-electron chi connectivity index (χ2n) is 5.62. The van der Waals surface area contributed by atoms with Crippen molar-refractivity contribution in [2.75, 3.05) is 5.75 Å². The summed E-state index contributed by atoms with van der Waals surface area (Å²) in [6, 6.07) is 7.19. The number of alkyl halides is 3. The topological polar surface area (TPSA) is 29.4 Å². The Morgan fingerprint density at radius 3 is 2.60 bits per heavy atom. The van der Waals surface area contributed by atoms with E-state index < -0.39 is 11.7 Å². The minimum Gasteiger partial charge on any atom is -0.303 e. The standard InChI is InChI=1S/C18H17ClF3NOS/c1-12-10-15(18(20,21)22)7-9-25-17(23-12)11-14(6-8-24)13-2-4-16(19)5-3-13/h2-5,8,10,14H,1,6-7,9,11H2/b15-10+,23-17?. The van der Waals surface area contributed by atoms with Crippen molar-refractivity contribution in [3.05, 3.63) is 58.8 Å². The smallest absolute Gasteiger partial charge is 0.303 e. The molecular formula is C18H17ClF3NOS. The zero-order chi connectivity index (χ0) is 18.4. The molecule has 2 rings (SSSR count). The number of hydrogen-bond acceptors (Lipinski definition) is 3. The van der Waals surface area contributed by atoms with Crippen molar-refractivity contribution in [1.82, 2.24) is 0 Å². The molecule has 1 heterocycles. The van der Waals surface area contributed by atoms with Gasteiger partial charge in [-0.3, -0.25) is 0 Å². The molecule has 0 N–H and O–H groups in total. The maximum atomic E-state index is 12.9. The maximum absolute atomic E-state index is 12.9. The van der Waals surface area contributed by atoms with Gasteiger partial charge < -0.3 is 4.79 Å². The van der Waals surface area contributed by atoms with Crippen molar-refractivity contribution in [3.8, 4) is 0 Å². The highest BCUT2D eigenvalue weighted by Crippen LogP contribution is 2.34. The predicted octanol–water partition coefficient (Wildman–Crippen LogP) is 5.94. The Kier molecular flexibility index (Phi) is 6.90. The zero-order valence-electron chi connectivity index (χ0n) is 13.4. The molecule has 1 aliphatic rings. The van der Waals surface area contributed by atoms with Crippen LogP contribution in [-0.4, -0.2) is 23.3 Å². The van der Waals surface area contributed by atoms with Gasteiger partial charge in [0.05, 0.1) is 10.7 Å². The van der Waals surface area contributed by atoms with Crippen molar-refractivity contribution in [2.24, 2.45) is 4.99 Å². The second-order valence-corrected chi connectivity index (χ2v) is 7.22. The average Bonchev–Trinajstić information content (AvgIpc) is 2.51. The first kappa shape index (κ1) is 19.8. The number of rotatable bonds is 5. The summed E-state index contributed by atoms with van der Waals surface area (Å²) in [6.07, 6.45) is -1.84. The van der Waals surface area contributed by atoms with E-state index in [0.717, 1.165) is 17.9 Å². The molecule has 1 unspecified atom stereocenters. The van der Waals surface area contributed by atoms with Crippen molar-refractivity contribution >= 4 is 34.7 Å². The van der Waals surface area contributed by atoms with Gasteiger partial charge in [-0.1, -0.05) is 30.3 Å². The van der Waals surface area contributed by atoms with Crippen LogP contribution >= 0.6 is 23.4 Å². The SMILES string of the molecule is C=C1/C=C(/C(F)(F)F)CCSC(CC(CC=O)c2ccc(Cl)cc2)=N1. The minimum atomic E-state index is -4.36. The van der Waals surface area contributed by atoms with Crippen molar-refractivity contribution < 1.29 is 18.0 Å². The molecule has 0 aromatic heterocycles. The summed E-state index contributed by atoms with van der Waals surface area (Å²) in [5, 5.41) is 1.29. The van der Waals surface area contributed by atoms with E-state index in [1.54, 1.807) is 12.1 Å². The summed E-state index contributed by atoms with van der Waals surface area (Å²) in [7, 11) is 0. The van der Waals surface area contributed by atoms with Crippen molar-refractivity contribution in [3.63, 3.8) is 0 Å². The average molecular weight is 388 g/mol. The summed E-state index contributed by atoms with van der Waals surface area (Å²) in [5.74, 6) is 0.186. The van der Waals surface area contributed by atoms with Crippen LogP contribution in [0.2, 0.25) is 5.02 Å². The van der Waals surface area contributed by atoms with Crippen LogP contribution in [0.3, 0.4) is 0 Å². The summed E-state index contributed by atoms with van der Waals surface area (Å²) in [6.45, 7) is 3.60. The van der Waals surface area contributed by atoms with Crippen LogP contribution in [0, 0.1) is 0 Å². The third kappa shape index (κ3) is 6.04. The first-order chi connectivity index (χ1) is 11.8. The van der Waals surface area contributed by atoms with Crippen LogP contribution < -0.4 is 0 Å². The van der Waals surface area contributed by atoms with Crippen molar-refractivity contribution in [1.29, 1.82) is 0 Å². The second kappa shape index (κ2) is 8.72. The van der Waals surface area contributed by atoms with Gasteiger partial charge in [0, 0.05) is 29.2 Å². The van der Waals surface area contributed by atoms with E-state index in [9.17, 15) is 18.0 Å². The van der Waals surface area contributed by atoms with Crippen LogP contribution in [0.5, 0.6) is 0 Å². The first-order valence-corrected chi connectivity index (χ1v) is 9.02. The number of aliphatic imine (C=N–C) groups is 1. The Morgan fingerprint density at radius 2 is 2.00 bits per heavy atom. The Hall–Kier alpha value is -1.53. The fraction of sp³-hybridized carbons (Fsp3) is 0.333. The van der Waals surface area contributed by atoms with E-state index in [0.29, 0.717) is 22.9 Å². The van der Waals surface area contributed by atoms with Gasteiger partial charge in [0.15, 0.2) is 0 Å². The van der Waals surface area contributed by atoms with Gasteiger partial charge in [0.2, 0.25) is 0 Å². The highest BCUT2D eigenvalue weighted by atomic mass is 35.5. The molecule has 2 nitrogen and oxygen atoms in total. The van der Waals surface area contributed by atoms with E-state index in [1.165, 1.54) is 11.8 Å².